The predicted octanol–water partition coefficient (Wildman–Crippen LogP) is 2.96. The summed E-state index contributed by atoms with van der Waals surface area (Å²) < 4.78 is 5.13. The monoisotopic (exact) mass is 302 g/mol. The standard InChI is InChI=1S/C12H11BN4OS2/c1-2-9-3-8(7-18-20-13)4-11(16-9)17-12-15-6-10(5-14)19-12/h3-4,6H,2,7H2,1H3,(H,15,16,17). The molecule has 0 saturated heterocycles. The molecule has 20 heavy (non-hydrogen) atoms. The van der Waals surface area contributed by atoms with Crippen molar-refractivity contribution in [3.63, 3.8) is 0 Å². The minimum Gasteiger partial charge on any atom is -0.324 e. The zero-order valence-corrected chi connectivity index (χ0v) is 12.4. The van der Waals surface area contributed by atoms with Gasteiger partial charge in [-0.15, -0.1) is 0 Å². The van der Waals surface area contributed by atoms with Gasteiger partial charge in [-0.2, -0.15) is 5.26 Å². The van der Waals surface area contributed by atoms with Crippen LogP contribution in [0.2, 0.25) is 0 Å². The van der Waals surface area contributed by atoms with Gasteiger partial charge in [-0.05, 0) is 24.1 Å². The molecule has 1 N–H and O–H groups in total. The molecule has 2 aromatic rings. The van der Waals surface area contributed by atoms with E-state index in [1.807, 2.05) is 19.1 Å². The van der Waals surface area contributed by atoms with Crippen LogP contribution in [0.5, 0.6) is 0 Å². The first-order valence-corrected chi connectivity index (χ1v) is 7.48. The Bertz CT molecular complexity index is 626. The van der Waals surface area contributed by atoms with E-state index in [9.17, 15) is 0 Å². The molecular formula is C12H11BN4OS2. The number of hydrogen-bond acceptors (Lipinski definition) is 7. The van der Waals surface area contributed by atoms with Gasteiger partial charge in [0.05, 0.1) is 12.8 Å². The average molecular weight is 302 g/mol. The van der Waals surface area contributed by atoms with E-state index in [4.69, 9.17) is 16.6 Å². The van der Waals surface area contributed by atoms with Gasteiger partial charge < -0.3 is 9.50 Å². The zero-order valence-electron chi connectivity index (χ0n) is 10.8. The molecule has 100 valence electrons. The maximum atomic E-state index is 8.79. The Hall–Kier alpha value is -1.56. The molecule has 0 amide bonds. The van der Waals surface area contributed by atoms with Crippen molar-refractivity contribution < 1.29 is 4.18 Å². The smallest absolute Gasteiger partial charge is 0.203 e. The number of pyridine rings is 1. The van der Waals surface area contributed by atoms with Crippen molar-refractivity contribution in [2.75, 3.05) is 5.32 Å². The summed E-state index contributed by atoms with van der Waals surface area (Å²) in [6.45, 7) is 2.44. The average Bonchev–Trinajstić information content (AvgIpc) is 2.92. The third-order valence-electron chi connectivity index (χ3n) is 2.44. The van der Waals surface area contributed by atoms with Gasteiger partial charge >= 0.3 is 0 Å². The maximum absolute atomic E-state index is 8.79. The number of aromatic nitrogens is 2. The summed E-state index contributed by atoms with van der Waals surface area (Å²) >= 11 is 2.13. The molecule has 2 heterocycles. The number of nitrogens with zero attached hydrogens (tertiary/aromatic N) is 3. The van der Waals surface area contributed by atoms with Gasteiger partial charge in [0.15, 0.2) is 5.13 Å². The summed E-state index contributed by atoms with van der Waals surface area (Å²) in [7, 11) is 5.25. The lowest BCUT2D eigenvalue weighted by molar-refractivity contribution is 0.369. The third kappa shape index (κ3) is 3.97. The zero-order chi connectivity index (χ0) is 14.4. The summed E-state index contributed by atoms with van der Waals surface area (Å²) in [6, 6.07) is 5.91. The number of nitriles is 1. The summed E-state index contributed by atoms with van der Waals surface area (Å²) in [5.41, 5.74) is 1.93. The third-order valence-corrected chi connectivity index (χ3v) is 3.52. The number of thiazole rings is 1. The van der Waals surface area contributed by atoms with Gasteiger partial charge in [0.2, 0.25) is 7.12 Å². The first-order chi connectivity index (χ1) is 9.75. The van der Waals surface area contributed by atoms with Crippen LogP contribution in [-0.4, -0.2) is 17.1 Å². The number of aryl methyl sites for hydroxylation is 1. The van der Waals surface area contributed by atoms with Crippen molar-refractivity contribution in [2.45, 2.75) is 20.0 Å². The molecule has 0 fully saturated rings. The van der Waals surface area contributed by atoms with Crippen LogP contribution in [0.3, 0.4) is 0 Å². The number of anilines is 2. The molecule has 8 heteroatoms. The maximum Gasteiger partial charge on any atom is 0.203 e. The van der Waals surface area contributed by atoms with Gasteiger partial charge in [0, 0.05) is 5.69 Å². The Morgan fingerprint density at radius 1 is 1.55 bits per heavy atom. The fourth-order valence-electron chi connectivity index (χ4n) is 1.57. The SMILES string of the molecule is [B]SOCc1cc(CC)nc(Nc2ncc(C#N)s2)c1. The van der Waals surface area contributed by atoms with E-state index in [0.717, 1.165) is 29.6 Å². The first kappa shape index (κ1) is 14.8. The molecule has 0 aliphatic carbocycles. The second kappa shape index (κ2) is 7.29. The summed E-state index contributed by atoms with van der Waals surface area (Å²) in [4.78, 5) is 9.15. The highest BCUT2D eigenvalue weighted by atomic mass is 32.2. The van der Waals surface area contributed by atoms with Gasteiger partial charge in [-0.25, -0.2) is 9.97 Å². The Morgan fingerprint density at radius 2 is 2.40 bits per heavy atom. The molecule has 2 radical (unpaired) electrons. The van der Waals surface area contributed by atoms with Crippen LogP contribution < -0.4 is 5.32 Å². The Labute approximate surface area is 126 Å². The second-order valence-electron chi connectivity index (χ2n) is 3.83. The summed E-state index contributed by atoms with van der Waals surface area (Å²) in [6.07, 6.45) is 2.35. The van der Waals surface area contributed by atoms with Gasteiger partial charge in [-0.3, -0.25) is 0 Å². The normalized spacial score (nSPS) is 10.2. The summed E-state index contributed by atoms with van der Waals surface area (Å²) in [5.74, 6) is 0.684. The van der Waals surface area contributed by atoms with Crippen molar-refractivity contribution in [1.82, 2.24) is 9.97 Å². The van der Waals surface area contributed by atoms with Crippen LogP contribution in [0.25, 0.3) is 0 Å². The molecule has 0 unspecified atom stereocenters. The highest BCUT2D eigenvalue weighted by Crippen LogP contribution is 2.22. The Morgan fingerprint density at radius 3 is 3.05 bits per heavy atom. The molecule has 5 nitrogen and oxygen atoms in total. The minimum absolute atomic E-state index is 0.409. The fourth-order valence-corrected chi connectivity index (χ4v) is 2.40. The largest absolute Gasteiger partial charge is 0.324 e. The first-order valence-electron chi connectivity index (χ1n) is 5.86. The predicted molar refractivity (Wildman–Crippen MR) is 81.9 cm³/mol. The highest BCUT2D eigenvalue weighted by Gasteiger charge is 2.06. The molecule has 0 bridgehead atoms. The van der Waals surface area contributed by atoms with Gasteiger partial charge in [-0.1, -0.05) is 30.2 Å². The second-order valence-corrected chi connectivity index (χ2v) is 5.29. The molecule has 2 aromatic heterocycles. The molecule has 0 spiro atoms. The summed E-state index contributed by atoms with van der Waals surface area (Å²) in [5, 5.41) is 12.5. The molecule has 2 rings (SSSR count). The van der Waals surface area contributed by atoms with Crippen molar-refractivity contribution in [2.24, 2.45) is 0 Å². The van der Waals surface area contributed by atoms with E-state index >= 15 is 0 Å². The number of hydrogen-bond donors (Lipinski definition) is 1. The molecule has 0 saturated carbocycles. The van der Waals surface area contributed by atoms with Gasteiger partial charge in [0.1, 0.15) is 16.8 Å². The van der Waals surface area contributed by atoms with Crippen LogP contribution in [0.4, 0.5) is 10.9 Å². The lowest BCUT2D eigenvalue weighted by atomic mass is 10.2. The minimum atomic E-state index is 0.409. The van der Waals surface area contributed by atoms with Crippen LogP contribution in [0, 0.1) is 11.3 Å². The van der Waals surface area contributed by atoms with Crippen molar-refractivity contribution in [3.8, 4) is 6.07 Å². The highest BCUT2D eigenvalue weighted by molar-refractivity contribution is 8.15. The lowest BCUT2D eigenvalue weighted by Gasteiger charge is -2.08. The van der Waals surface area contributed by atoms with E-state index in [-0.39, 0.29) is 0 Å². The number of nitrogens with one attached hydrogen (secondary N) is 1. The van der Waals surface area contributed by atoms with Crippen LogP contribution in [0.1, 0.15) is 23.1 Å². The van der Waals surface area contributed by atoms with Crippen molar-refractivity contribution >= 4 is 41.3 Å². The molecule has 0 aliphatic heterocycles. The number of rotatable bonds is 6. The molecule has 0 aromatic carbocycles. The topological polar surface area (TPSA) is 70.8 Å². The molecule has 0 atom stereocenters. The molecular weight excluding hydrogens is 291 g/mol. The van der Waals surface area contributed by atoms with E-state index in [2.05, 4.69) is 21.4 Å². The Kier molecular flexibility index (Phi) is 5.41. The van der Waals surface area contributed by atoms with Crippen LogP contribution in [-0.2, 0) is 17.2 Å². The van der Waals surface area contributed by atoms with Crippen LogP contribution >= 0.6 is 23.2 Å². The van der Waals surface area contributed by atoms with E-state index < -0.39 is 0 Å². The van der Waals surface area contributed by atoms with E-state index in [0.29, 0.717) is 22.4 Å². The molecule has 0 aliphatic rings. The van der Waals surface area contributed by atoms with Crippen LogP contribution in [0.15, 0.2) is 18.3 Å². The van der Waals surface area contributed by atoms with E-state index in [1.54, 1.807) is 0 Å². The fraction of sp³-hybridized carbons (Fsp3) is 0.250. The van der Waals surface area contributed by atoms with Crippen molar-refractivity contribution in [3.05, 3.63) is 34.5 Å². The van der Waals surface area contributed by atoms with Gasteiger partial charge in [0.25, 0.3) is 0 Å². The van der Waals surface area contributed by atoms with E-state index in [1.165, 1.54) is 17.5 Å². The van der Waals surface area contributed by atoms with Crippen molar-refractivity contribution in [1.29, 1.82) is 5.26 Å². The lowest BCUT2D eigenvalue weighted by Crippen LogP contribution is -1.99. The quantitative estimate of drug-likeness (QED) is 0.653. The Balaban J connectivity index is 2.19.